The largest absolute Gasteiger partial charge is 0.356 e. The Morgan fingerprint density at radius 3 is 2.93 bits per heavy atom. The van der Waals surface area contributed by atoms with Crippen molar-refractivity contribution in [1.29, 1.82) is 0 Å². The lowest BCUT2D eigenvalue weighted by Gasteiger charge is -2.08. The Balaban J connectivity index is 1.52. The van der Waals surface area contributed by atoms with Crippen LogP contribution >= 0.6 is 0 Å². The molecule has 0 aromatic heterocycles. The highest BCUT2D eigenvalue weighted by molar-refractivity contribution is 5.75. The fraction of sp³-hybridized carbons (Fsp3) is 0.917. The quantitative estimate of drug-likeness (QED) is 0.714. The molecule has 2 N–H and O–H groups in total. The van der Waals surface area contributed by atoms with Crippen molar-refractivity contribution >= 4 is 5.91 Å². The van der Waals surface area contributed by atoms with Gasteiger partial charge in [0.15, 0.2) is 0 Å². The third kappa shape index (κ3) is 3.49. The number of nitrogens with one attached hydrogen (secondary N) is 2. The molecular formula is C12H22N2O. The molecule has 1 heterocycles. The number of rotatable bonds is 5. The molecule has 1 aliphatic carbocycles. The summed E-state index contributed by atoms with van der Waals surface area (Å²) in [7, 11) is 0. The van der Waals surface area contributed by atoms with Gasteiger partial charge in [0.1, 0.15) is 0 Å². The molecule has 2 fully saturated rings. The monoisotopic (exact) mass is 210 g/mol. The van der Waals surface area contributed by atoms with Crippen LogP contribution in [0.25, 0.3) is 0 Å². The molecule has 0 spiro atoms. The van der Waals surface area contributed by atoms with E-state index in [0.717, 1.165) is 43.8 Å². The van der Waals surface area contributed by atoms with Crippen LogP contribution in [-0.4, -0.2) is 25.5 Å². The first kappa shape index (κ1) is 10.9. The number of amides is 1. The lowest BCUT2D eigenvalue weighted by molar-refractivity contribution is -0.121. The van der Waals surface area contributed by atoms with Gasteiger partial charge in [0, 0.05) is 13.0 Å². The lowest BCUT2D eigenvalue weighted by Crippen LogP contribution is -2.26. The molecule has 1 amide bonds. The highest BCUT2D eigenvalue weighted by atomic mass is 16.1. The molecule has 3 unspecified atom stereocenters. The van der Waals surface area contributed by atoms with E-state index in [1.165, 1.54) is 12.8 Å². The van der Waals surface area contributed by atoms with E-state index in [-0.39, 0.29) is 5.91 Å². The fourth-order valence-electron chi connectivity index (χ4n) is 2.31. The number of carbonyl (C=O) groups excluding carboxylic acids is 1. The van der Waals surface area contributed by atoms with Crippen LogP contribution in [0.4, 0.5) is 0 Å². The van der Waals surface area contributed by atoms with Crippen molar-refractivity contribution in [2.45, 2.75) is 32.6 Å². The molecule has 1 saturated heterocycles. The molecule has 3 heteroatoms. The van der Waals surface area contributed by atoms with E-state index in [1.54, 1.807) is 0 Å². The molecule has 86 valence electrons. The molecule has 1 aliphatic heterocycles. The highest BCUT2D eigenvalue weighted by Gasteiger charge is 2.32. The Hall–Kier alpha value is -0.570. The van der Waals surface area contributed by atoms with E-state index in [0.29, 0.717) is 6.42 Å². The van der Waals surface area contributed by atoms with Gasteiger partial charge in [-0.05, 0) is 50.1 Å². The SMILES string of the molecule is CC1CC1CNC(=O)CCC1CCNC1. The second kappa shape index (κ2) is 4.97. The number of carbonyl (C=O) groups is 1. The predicted molar refractivity (Wildman–Crippen MR) is 60.5 cm³/mol. The van der Waals surface area contributed by atoms with Crippen LogP contribution in [0, 0.1) is 17.8 Å². The fourth-order valence-corrected chi connectivity index (χ4v) is 2.31. The summed E-state index contributed by atoms with van der Waals surface area (Å²) in [6.45, 7) is 5.39. The van der Waals surface area contributed by atoms with Crippen molar-refractivity contribution in [3.8, 4) is 0 Å². The van der Waals surface area contributed by atoms with Gasteiger partial charge in [-0.25, -0.2) is 0 Å². The van der Waals surface area contributed by atoms with Gasteiger partial charge in [-0.3, -0.25) is 4.79 Å². The summed E-state index contributed by atoms with van der Waals surface area (Å²) in [5.74, 6) is 2.59. The first-order valence-electron chi connectivity index (χ1n) is 6.23. The van der Waals surface area contributed by atoms with E-state index in [4.69, 9.17) is 0 Å². The molecule has 3 nitrogen and oxygen atoms in total. The van der Waals surface area contributed by atoms with E-state index < -0.39 is 0 Å². The maximum absolute atomic E-state index is 11.5. The summed E-state index contributed by atoms with van der Waals surface area (Å²) < 4.78 is 0. The molecule has 0 bridgehead atoms. The van der Waals surface area contributed by atoms with Crippen LogP contribution in [0.5, 0.6) is 0 Å². The second-order valence-corrected chi connectivity index (χ2v) is 5.17. The molecular weight excluding hydrogens is 188 g/mol. The number of hydrogen-bond acceptors (Lipinski definition) is 2. The van der Waals surface area contributed by atoms with Crippen molar-refractivity contribution in [2.75, 3.05) is 19.6 Å². The topological polar surface area (TPSA) is 41.1 Å². The van der Waals surface area contributed by atoms with E-state index in [2.05, 4.69) is 17.6 Å². The third-order valence-corrected chi connectivity index (χ3v) is 3.78. The Labute approximate surface area is 92.0 Å². The van der Waals surface area contributed by atoms with Gasteiger partial charge in [0.05, 0.1) is 0 Å². The first-order chi connectivity index (χ1) is 7.25. The third-order valence-electron chi connectivity index (χ3n) is 3.78. The number of hydrogen-bond donors (Lipinski definition) is 2. The van der Waals surface area contributed by atoms with Crippen LogP contribution in [0.15, 0.2) is 0 Å². The van der Waals surface area contributed by atoms with Gasteiger partial charge in [0.25, 0.3) is 0 Å². The second-order valence-electron chi connectivity index (χ2n) is 5.17. The molecule has 1 saturated carbocycles. The first-order valence-corrected chi connectivity index (χ1v) is 6.23. The van der Waals surface area contributed by atoms with Gasteiger partial charge >= 0.3 is 0 Å². The predicted octanol–water partition coefficient (Wildman–Crippen LogP) is 1.15. The molecule has 0 aromatic rings. The Morgan fingerprint density at radius 2 is 2.33 bits per heavy atom. The van der Waals surface area contributed by atoms with E-state index in [1.807, 2.05) is 0 Å². The summed E-state index contributed by atoms with van der Waals surface area (Å²) in [5.41, 5.74) is 0. The zero-order valence-corrected chi connectivity index (χ0v) is 9.59. The Morgan fingerprint density at radius 1 is 1.53 bits per heavy atom. The smallest absolute Gasteiger partial charge is 0.220 e. The standard InChI is InChI=1S/C12H22N2O/c1-9-6-11(9)8-14-12(15)3-2-10-4-5-13-7-10/h9-11,13H,2-8H2,1H3,(H,14,15). The molecule has 3 atom stereocenters. The highest BCUT2D eigenvalue weighted by Crippen LogP contribution is 2.36. The molecule has 2 rings (SSSR count). The van der Waals surface area contributed by atoms with Crippen molar-refractivity contribution in [2.24, 2.45) is 17.8 Å². The maximum Gasteiger partial charge on any atom is 0.220 e. The van der Waals surface area contributed by atoms with Gasteiger partial charge in [0.2, 0.25) is 5.91 Å². The average molecular weight is 210 g/mol. The summed E-state index contributed by atoms with van der Waals surface area (Å²) in [5, 5.41) is 6.37. The zero-order chi connectivity index (χ0) is 10.7. The lowest BCUT2D eigenvalue weighted by atomic mass is 10.0. The minimum absolute atomic E-state index is 0.251. The zero-order valence-electron chi connectivity index (χ0n) is 9.59. The van der Waals surface area contributed by atoms with E-state index >= 15 is 0 Å². The molecule has 2 aliphatic rings. The summed E-state index contributed by atoms with van der Waals surface area (Å²) in [6, 6.07) is 0. The summed E-state index contributed by atoms with van der Waals surface area (Å²) in [4.78, 5) is 11.5. The minimum Gasteiger partial charge on any atom is -0.356 e. The normalized spacial score (nSPS) is 34.1. The van der Waals surface area contributed by atoms with Crippen LogP contribution in [-0.2, 0) is 4.79 Å². The molecule has 0 aromatic carbocycles. The summed E-state index contributed by atoms with van der Waals surface area (Å²) >= 11 is 0. The van der Waals surface area contributed by atoms with Crippen LogP contribution < -0.4 is 10.6 Å². The average Bonchev–Trinajstić information content (AvgIpc) is 2.73. The van der Waals surface area contributed by atoms with Crippen molar-refractivity contribution < 1.29 is 4.79 Å². The van der Waals surface area contributed by atoms with Crippen LogP contribution in [0.2, 0.25) is 0 Å². The summed E-state index contributed by atoms with van der Waals surface area (Å²) in [6.07, 6.45) is 4.31. The van der Waals surface area contributed by atoms with Gasteiger partial charge in [-0.1, -0.05) is 6.92 Å². The van der Waals surface area contributed by atoms with Gasteiger partial charge < -0.3 is 10.6 Å². The molecule has 0 radical (unpaired) electrons. The van der Waals surface area contributed by atoms with Gasteiger partial charge in [-0.2, -0.15) is 0 Å². The van der Waals surface area contributed by atoms with Crippen molar-refractivity contribution in [3.05, 3.63) is 0 Å². The van der Waals surface area contributed by atoms with Crippen LogP contribution in [0.3, 0.4) is 0 Å². The maximum atomic E-state index is 11.5. The molecule has 15 heavy (non-hydrogen) atoms. The Bertz CT molecular complexity index is 224. The van der Waals surface area contributed by atoms with Crippen LogP contribution in [0.1, 0.15) is 32.6 Å². The van der Waals surface area contributed by atoms with Crippen molar-refractivity contribution in [1.82, 2.24) is 10.6 Å². The Kier molecular flexibility index (Phi) is 3.62. The minimum atomic E-state index is 0.251. The van der Waals surface area contributed by atoms with E-state index in [9.17, 15) is 4.79 Å². The van der Waals surface area contributed by atoms with Crippen molar-refractivity contribution in [3.63, 3.8) is 0 Å². The van der Waals surface area contributed by atoms with Gasteiger partial charge in [-0.15, -0.1) is 0 Å².